The largest absolute Gasteiger partial charge is 0.504 e. The van der Waals surface area contributed by atoms with Crippen molar-refractivity contribution in [2.45, 2.75) is 32.1 Å². The molecule has 0 heterocycles. The van der Waals surface area contributed by atoms with Crippen LogP contribution in [0.3, 0.4) is 0 Å². The molecule has 1 aromatic carbocycles. The lowest BCUT2D eigenvalue weighted by molar-refractivity contribution is 0.317. The van der Waals surface area contributed by atoms with Gasteiger partial charge in [0, 0.05) is 17.8 Å². The van der Waals surface area contributed by atoms with Crippen LogP contribution in [0.15, 0.2) is 18.2 Å². The lowest BCUT2D eigenvalue weighted by atomic mass is 10.1. The minimum atomic E-state index is 0.199. The van der Waals surface area contributed by atoms with Gasteiger partial charge >= 0.3 is 0 Å². The number of benzene rings is 1. The van der Waals surface area contributed by atoms with Gasteiger partial charge in [-0.2, -0.15) is 11.8 Å². The van der Waals surface area contributed by atoms with Gasteiger partial charge in [0.25, 0.3) is 0 Å². The van der Waals surface area contributed by atoms with Crippen molar-refractivity contribution in [3.05, 3.63) is 23.8 Å². The number of thioether (sulfide) groups is 1. The van der Waals surface area contributed by atoms with Crippen molar-refractivity contribution in [1.29, 1.82) is 0 Å². The van der Waals surface area contributed by atoms with Crippen molar-refractivity contribution in [3.8, 4) is 11.5 Å². The lowest BCUT2D eigenvalue weighted by Gasteiger charge is -2.22. The van der Waals surface area contributed by atoms with Gasteiger partial charge < -0.3 is 15.2 Å². The van der Waals surface area contributed by atoms with Crippen molar-refractivity contribution >= 4 is 11.8 Å². The maximum absolute atomic E-state index is 9.61. The summed E-state index contributed by atoms with van der Waals surface area (Å²) in [5, 5.41) is 13.0. The van der Waals surface area contributed by atoms with Gasteiger partial charge in [0.15, 0.2) is 11.5 Å². The number of hydrogen-bond donors (Lipinski definition) is 2. The van der Waals surface area contributed by atoms with Crippen LogP contribution in [0.1, 0.15) is 26.3 Å². The summed E-state index contributed by atoms with van der Waals surface area (Å²) in [4.78, 5) is 0. The molecule has 1 aromatic rings. The van der Waals surface area contributed by atoms with Crippen LogP contribution in [0.5, 0.6) is 11.5 Å². The second-order valence-corrected chi connectivity index (χ2v) is 6.32. The first-order valence-corrected chi connectivity index (χ1v) is 7.41. The molecule has 0 radical (unpaired) electrons. The Morgan fingerprint density at radius 2 is 2.11 bits per heavy atom. The van der Waals surface area contributed by atoms with Crippen LogP contribution in [-0.2, 0) is 6.54 Å². The molecule has 0 aliphatic carbocycles. The molecule has 102 valence electrons. The van der Waals surface area contributed by atoms with E-state index in [1.54, 1.807) is 6.07 Å². The topological polar surface area (TPSA) is 41.5 Å². The second kappa shape index (κ2) is 6.90. The summed E-state index contributed by atoms with van der Waals surface area (Å²) < 4.78 is 5.60. The highest BCUT2D eigenvalue weighted by Crippen LogP contribution is 2.27. The molecule has 0 aliphatic heterocycles. The maximum atomic E-state index is 9.61. The van der Waals surface area contributed by atoms with Crippen molar-refractivity contribution in [3.63, 3.8) is 0 Å². The molecule has 0 bridgehead atoms. The quantitative estimate of drug-likeness (QED) is 0.798. The summed E-state index contributed by atoms with van der Waals surface area (Å²) in [6.07, 6.45) is 2.12. The summed E-state index contributed by atoms with van der Waals surface area (Å²) >= 11 is 1.85. The Bertz CT molecular complexity index is 380. The van der Waals surface area contributed by atoms with Crippen LogP contribution in [0.4, 0.5) is 0 Å². The van der Waals surface area contributed by atoms with Gasteiger partial charge in [-0.1, -0.05) is 6.07 Å². The zero-order chi connectivity index (χ0) is 13.6. The summed E-state index contributed by atoms with van der Waals surface area (Å²) in [6.45, 7) is 8.62. The molecule has 0 spiro atoms. The van der Waals surface area contributed by atoms with Crippen LogP contribution in [0, 0.1) is 0 Å². The van der Waals surface area contributed by atoms with Gasteiger partial charge in [-0.15, -0.1) is 0 Å². The maximum Gasteiger partial charge on any atom is 0.161 e. The van der Waals surface area contributed by atoms with Crippen LogP contribution in [0.2, 0.25) is 0 Å². The molecule has 1 rings (SSSR count). The summed E-state index contributed by atoms with van der Waals surface area (Å²) in [7, 11) is 0. The van der Waals surface area contributed by atoms with E-state index in [0.29, 0.717) is 12.4 Å². The molecule has 0 unspecified atom stereocenters. The van der Waals surface area contributed by atoms with E-state index >= 15 is 0 Å². The van der Waals surface area contributed by atoms with Crippen molar-refractivity contribution < 1.29 is 9.84 Å². The summed E-state index contributed by atoms with van der Waals surface area (Å²) in [5.41, 5.74) is 1.12. The fourth-order valence-corrected chi connectivity index (χ4v) is 1.77. The first-order chi connectivity index (χ1) is 8.48. The number of ether oxygens (including phenoxy) is 1. The Hall–Kier alpha value is -0.870. The van der Waals surface area contributed by atoms with E-state index in [1.165, 1.54) is 0 Å². The fraction of sp³-hybridized carbons (Fsp3) is 0.571. The minimum Gasteiger partial charge on any atom is -0.504 e. The van der Waals surface area contributed by atoms with Crippen molar-refractivity contribution in [1.82, 2.24) is 5.32 Å². The molecular formula is C14H23NO2S. The number of hydrogen-bond acceptors (Lipinski definition) is 4. The summed E-state index contributed by atoms with van der Waals surface area (Å²) in [6, 6.07) is 5.48. The number of phenols is 1. The molecule has 0 amide bonds. The number of rotatable bonds is 7. The van der Waals surface area contributed by atoms with Crippen LogP contribution in [0.25, 0.3) is 0 Å². The Balaban J connectivity index is 2.55. The van der Waals surface area contributed by atoms with E-state index in [1.807, 2.05) is 30.8 Å². The first-order valence-electron chi connectivity index (χ1n) is 6.19. The molecule has 0 atom stereocenters. The monoisotopic (exact) mass is 269 g/mol. The Labute approximate surface area is 114 Å². The molecule has 4 heteroatoms. The van der Waals surface area contributed by atoms with Crippen LogP contribution < -0.4 is 10.1 Å². The van der Waals surface area contributed by atoms with Gasteiger partial charge in [-0.05, 0) is 44.7 Å². The van der Waals surface area contributed by atoms with Gasteiger partial charge in [0.1, 0.15) is 0 Å². The molecule has 0 fully saturated rings. The standard InChI is InChI=1S/C14H23NO2S/c1-5-17-13-8-11(6-7-12(13)16)9-15-10-14(2,3)18-4/h6-8,15-16H,5,9-10H2,1-4H3. The van der Waals surface area contributed by atoms with E-state index in [2.05, 4.69) is 25.4 Å². The highest BCUT2D eigenvalue weighted by atomic mass is 32.2. The first kappa shape index (κ1) is 15.2. The predicted molar refractivity (Wildman–Crippen MR) is 78.6 cm³/mol. The highest BCUT2D eigenvalue weighted by molar-refractivity contribution is 7.99. The molecule has 3 nitrogen and oxygen atoms in total. The molecule has 0 aromatic heterocycles. The molecule has 0 saturated heterocycles. The minimum absolute atomic E-state index is 0.199. The fourth-order valence-electron chi connectivity index (χ4n) is 1.52. The van der Waals surface area contributed by atoms with E-state index in [-0.39, 0.29) is 10.5 Å². The van der Waals surface area contributed by atoms with Gasteiger partial charge in [0.05, 0.1) is 6.61 Å². The third kappa shape index (κ3) is 4.78. The SMILES string of the molecule is CCOc1cc(CNCC(C)(C)SC)ccc1O. The third-order valence-electron chi connectivity index (χ3n) is 2.76. The Morgan fingerprint density at radius 1 is 1.39 bits per heavy atom. The van der Waals surface area contributed by atoms with Crippen molar-refractivity contribution in [2.24, 2.45) is 0 Å². The summed E-state index contributed by atoms with van der Waals surface area (Å²) in [5.74, 6) is 0.756. The van der Waals surface area contributed by atoms with Crippen LogP contribution in [-0.4, -0.2) is 29.3 Å². The third-order valence-corrected chi connectivity index (χ3v) is 4.01. The van der Waals surface area contributed by atoms with E-state index in [4.69, 9.17) is 4.74 Å². The zero-order valence-corrected chi connectivity index (χ0v) is 12.4. The highest BCUT2D eigenvalue weighted by Gasteiger charge is 2.14. The number of aromatic hydroxyl groups is 1. The number of phenolic OH excluding ortho intramolecular Hbond substituents is 1. The second-order valence-electron chi connectivity index (χ2n) is 4.80. The van der Waals surface area contributed by atoms with E-state index in [9.17, 15) is 5.11 Å². The normalized spacial score (nSPS) is 11.6. The molecule has 0 aliphatic rings. The molecular weight excluding hydrogens is 246 g/mol. The zero-order valence-electron chi connectivity index (χ0n) is 11.6. The number of nitrogens with one attached hydrogen (secondary N) is 1. The van der Waals surface area contributed by atoms with E-state index < -0.39 is 0 Å². The molecule has 18 heavy (non-hydrogen) atoms. The Kier molecular flexibility index (Phi) is 5.82. The van der Waals surface area contributed by atoms with Gasteiger partial charge in [-0.3, -0.25) is 0 Å². The van der Waals surface area contributed by atoms with Crippen LogP contribution >= 0.6 is 11.8 Å². The average molecular weight is 269 g/mol. The lowest BCUT2D eigenvalue weighted by Crippen LogP contribution is -2.31. The van der Waals surface area contributed by atoms with Gasteiger partial charge in [-0.25, -0.2) is 0 Å². The molecule has 0 saturated carbocycles. The predicted octanol–water partition coefficient (Wildman–Crippen LogP) is 3.02. The smallest absolute Gasteiger partial charge is 0.161 e. The molecule has 2 N–H and O–H groups in total. The van der Waals surface area contributed by atoms with Crippen molar-refractivity contribution in [2.75, 3.05) is 19.4 Å². The Morgan fingerprint density at radius 3 is 2.72 bits per heavy atom. The average Bonchev–Trinajstić information content (AvgIpc) is 2.33. The van der Waals surface area contributed by atoms with Gasteiger partial charge in [0.2, 0.25) is 0 Å². The van der Waals surface area contributed by atoms with E-state index in [0.717, 1.165) is 18.7 Å².